The summed E-state index contributed by atoms with van der Waals surface area (Å²) in [5.74, 6) is 0.0982. The van der Waals surface area contributed by atoms with Crippen LogP contribution in [0.4, 0.5) is 0 Å². The number of nitrogens with zero attached hydrogens (tertiary/aromatic N) is 1. The van der Waals surface area contributed by atoms with E-state index in [1.165, 1.54) is 57.8 Å². The van der Waals surface area contributed by atoms with Crippen LogP contribution in [0, 0.1) is 45.6 Å². The molecule has 10 nitrogen and oxygen atoms in total. The Morgan fingerprint density at radius 3 is 1.91 bits per heavy atom. The van der Waals surface area contributed by atoms with Crippen molar-refractivity contribution in [3.8, 4) is 11.5 Å². The molecule has 0 saturated heterocycles. The number of hydrogen-bond donors (Lipinski definition) is 1. The van der Waals surface area contributed by atoms with Gasteiger partial charge in [-0.1, -0.05) is 98.3 Å². The van der Waals surface area contributed by atoms with Crippen LogP contribution in [-0.4, -0.2) is 64.8 Å². The number of benzene rings is 1. The summed E-state index contributed by atoms with van der Waals surface area (Å²) in [7, 11) is 3.67. The van der Waals surface area contributed by atoms with Crippen LogP contribution in [0.3, 0.4) is 0 Å². The van der Waals surface area contributed by atoms with Gasteiger partial charge < -0.3 is 40.4 Å². The van der Waals surface area contributed by atoms with E-state index < -0.39 is 42.0 Å². The maximum atomic E-state index is 12.9. The Morgan fingerprint density at radius 2 is 1.42 bits per heavy atom. The predicted octanol–water partition coefficient (Wildman–Crippen LogP) is 8.88. The molecule has 1 aliphatic heterocycles. The average Bonchev–Trinajstić information content (AvgIpc) is 3.02. The van der Waals surface area contributed by atoms with Crippen LogP contribution in [0.5, 0.6) is 11.5 Å². The van der Waals surface area contributed by atoms with Gasteiger partial charge >= 0.3 is 11.9 Å². The van der Waals surface area contributed by atoms with Gasteiger partial charge in [-0.3, -0.25) is 0 Å². The van der Waals surface area contributed by atoms with Gasteiger partial charge in [0.2, 0.25) is 0 Å². The molecule has 1 aromatic rings. The third kappa shape index (κ3) is 17.1. The Hall–Kier alpha value is -2.00. The fourth-order valence-corrected chi connectivity index (χ4v) is 7.69. The van der Waals surface area contributed by atoms with Gasteiger partial charge in [0.15, 0.2) is 13.1 Å². The average molecular weight is 924 g/mol. The normalized spacial score (nSPS) is 21.8. The minimum Gasteiger partial charge on any atom is -0.676 e. The SMILES string of the molecule is [CH2-][N+](CC(=O)[O-])(CC(=O)O)CC(=O)Oc1c(C)c(C)c2c(c1C)CC[C@@](C)(CCC[C@H](C)CCC[C@H](C)CCCC(C)C)O2.[NH-][C@@H]1CCCC[C@H]1[NH-].[Pt]. The van der Waals surface area contributed by atoms with E-state index in [9.17, 15) is 24.6 Å². The Balaban J connectivity index is 0.00000137. The number of aliphatic carboxylic acids is 2. The van der Waals surface area contributed by atoms with Crippen molar-refractivity contribution in [3.05, 3.63) is 40.8 Å². The quantitative estimate of drug-likeness (QED) is 0.0628. The molecule has 1 unspecified atom stereocenters. The summed E-state index contributed by atoms with van der Waals surface area (Å²) in [4.78, 5) is 35.4. The standard InChI is InChI=1S/C36H59NO7.C6H12N2.Pt/c1-24(2)13-10-14-25(3)15-11-16-26(4)17-12-19-36(8)20-18-30-29(7)34(27(5)28(6)35(30)44-36)43-33(42)23-37(9,21-31(38)39)22-32(40)41;7-5-3-1-2-4-6(5)8;/h24-26H,9-23H2,1-8H3,(H,38,39)(H,40,41);5-8H,1-4H2;/q;-2;/p-1/t25-,26-,36-;5-,6-;/m11./s1. The fourth-order valence-electron chi connectivity index (χ4n) is 7.69. The maximum Gasteiger partial charge on any atom is 0.364 e. The van der Waals surface area contributed by atoms with Crippen LogP contribution in [0.1, 0.15) is 147 Å². The molecule has 6 atom stereocenters. The van der Waals surface area contributed by atoms with E-state index in [1.807, 2.05) is 20.8 Å². The summed E-state index contributed by atoms with van der Waals surface area (Å²) >= 11 is 0. The third-order valence-corrected chi connectivity index (χ3v) is 11.2. The van der Waals surface area contributed by atoms with Gasteiger partial charge in [-0.15, -0.1) is 7.05 Å². The first-order valence-electron chi connectivity index (χ1n) is 19.8. The van der Waals surface area contributed by atoms with Crippen molar-refractivity contribution in [1.29, 1.82) is 0 Å². The number of carbonyl (C=O) groups excluding carboxylic acids is 2. The largest absolute Gasteiger partial charge is 0.676 e. The second kappa shape index (κ2) is 23.2. The summed E-state index contributed by atoms with van der Waals surface area (Å²) in [5, 5.41) is 20.4. The number of carboxylic acids is 2. The number of carbonyl (C=O) groups is 3. The van der Waals surface area contributed by atoms with Crippen LogP contribution >= 0.6 is 0 Å². The molecular formula is C42H70N3O7Pt-3. The van der Waals surface area contributed by atoms with E-state index in [-0.39, 0.29) is 38.7 Å². The molecule has 2 aliphatic rings. The van der Waals surface area contributed by atoms with E-state index >= 15 is 0 Å². The predicted molar refractivity (Wildman–Crippen MR) is 206 cm³/mol. The molecule has 0 spiro atoms. The number of nitrogens with one attached hydrogen (secondary N) is 2. The van der Waals surface area contributed by atoms with Crippen molar-refractivity contribution < 1.29 is 59.6 Å². The monoisotopic (exact) mass is 923 g/mol. The molecule has 0 bridgehead atoms. The Labute approximate surface area is 335 Å². The van der Waals surface area contributed by atoms with Crippen LogP contribution in [0.15, 0.2) is 0 Å². The summed E-state index contributed by atoms with van der Waals surface area (Å²) in [6.07, 6.45) is 17.2. The minimum atomic E-state index is -1.49. The molecule has 1 saturated carbocycles. The molecule has 1 fully saturated rings. The molecule has 1 aliphatic carbocycles. The molecule has 3 N–H and O–H groups in total. The topological polar surface area (TPSA) is 161 Å². The van der Waals surface area contributed by atoms with Crippen molar-refractivity contribution in [1.82, 2.24) is 0 Å². The third-order valence-electron chi connectivity index (χ3n) is 11.2. The first-order chi connectivity index (χ1) is 24.3. The molecule has 1 heterocycles. The van der Waals surface area contributed by atoms with Gasteiger partial charge in [-0.2, -0.15) is 12.1 Å². The summed E-state index contributed by atoms with van der Waals surface area (Å²) in [6.45, 7) is 15.4. The Morgan fingerprint density at radius 1 is 0.887 bits per heavy atom. The zero-order valence-corrected chi connectivity index (χ0v) is 36.3. The van der Waals surface area contributed by atoms with Crippen molar-refractivity contribution in [2.75, 3.05) is 19.6 Å². The van der Waals surface area contributed by atoms with Crippen molar-refractivity contribution in [2.45, 2.75) is 169 Å². The first-order valence-corrected chi connectivity index (χ1v) is 19.8. The zero-order valence-electron chi connectivity index (χ0n) is 34.0. The summed E-state index contributed by atoms with van der Waals surface area (Å²) in [6, 6.07) is -0.160. The zero-order chi connectivity index (χ0) is 39.2. The summed E-state index contributed by atoms with van der Waals surface area (Å²) < 4.78 is 11.6. The summed E-state index contributed by atoms with van der Waals surface area (Å²) in [5.41, 5.74) is 17.8. The van der Waals surface area contributed by atoms with Crippen LogP contribution < -0.4 is 14.6 Å². The van der Waals surface area contributed by atoms with Gasteiger partial charge in [0.25, 0.3) is 0 Å². The second-order valence-electron chi connectivity index (χ2n) is 17.0. The molecule has 308 valence electrons. The number of ether oxygens (including phenoxy) is 2. The maximum absolute atomic E-state index is 12.9. The molecule has 1 aromatic carbocycles. The van der Waals surface area contributed by atoms with Gasteiger partial charge in [-0.05, 0) is 87.8 Å². The number of fused-ring (bicyclic) bond motifs is 1. The van der Waals surface area contributed by atoms with E-state index in [1.54, 1.807) is 0 Å². The van der Waals surface area contributed by atoms with Gasteiger partial charge in [0, 0.05) is 26.6 Å². The van der Waals surface area contributed by atoms with Crippen LogP contribution in [-0.2, 0) is 41.9 Å². The Kier molecular flexibility index (Phi) is 21.4. The fraction of sp³-hybridized carbons (Fsp3) is 0.762. The molecule has 0 radical (unpaired) electrons. The number of carboxylic acid groups (broad SMARTS) is 2. The molecule has 11 heteroatoms. The molecule has 3 rings (SSSR count). The van der Waals surface area contributed by atoms with Gasteiger partial charge in [0.1, 0.15) is 17.1 Å². The molecule has 53 heavy (non-hydrogen) atoms. The van der Waals surface area contributed by atoms with Gasteiger partial charge in [0.05, 0.1) is 12.5 Å². The van der Waals surface area contributed by atoms with Crippen LogP contribution in [0.25, 0.3) is 11.5 Å². The molecule has 0 amide bonds. The van der Waals surface area contributed by atoms with Crippen molar-refractivity contribution >= 4 is 17.9 Å². The van der Waals surface area contributed by atoms with E-state index in [2.05, 4.69) is 41.7 Å². The minimum absolute atomic E-state index is 0. The number of esters is 1. The smallest absolute Gasteiger partial charge is 0.364 e. The molecular weight excluding hydrogens is 854 g/mol. The molecule has 0 aromatic heterocycles. The first kappa shape index (κ1) is 49.0. The van der Waals surface area contributed by atoms with Crippen LogP contribution in [0.2, 0.25) is 0 Å². The van der Waals surface area contributed by atoms with Crippen molar-refractivity contribution in [3.63, 3.8) is 0 Å². The van der Waals surface area contributed by atoms with E-state index in [4.69, 9.17) is 20.9 Å². The Bertz CT molecular complexity index is 1300. The number of quaternary nitrogens is 1. The van der Waals surface area contributed by atoms with Gasteiger partial charge in [-0.25, -0.2) is 9.59 Å². The number of hydrogen-bond acceptors (Lipinski definition) is 6. The van der Waals surface area contributed by atoms with Crippen molar-refractivity contribution in [2.24, 2.45) is 17.8 Å². The van der Waals surface area contributed by atoms with E-state index in [0.717, 1.165) is 78.4 Å². The van der Waals surface area contributed by atoms with E-state index in [0.29, 0.717) is 11.7 Å². The second-order valence-corrected chi connectivity index (χ2v) is 17.0. The number of rotatable bonds is 19.